The van der Waals surface area contributed by atoms with E-state index >= 15 is 0 Å². The topological polar surface area (TPSA) is 58.6 Å². The van der Waals surface area contributed by atoms with Gasteiger partial charge in [-0.05, 0) is 54.7 Å². The molecule has 1 amide bonds. The first kappa shape index (κ1) is 19.7. The van der Waals surface area contributed by atoms with Crippen LogP contribution in [0.4, 0.5) is 4.79 Å². The number of hydrogen-bond acceptors (Lipinski definition) is 5. The number of fused-ring (bicyclic) bond motifs is 2. The fraction of sp³-hybridized carbons (Fsp3) is 0.320. The summed E-state index contributed by atoms with van der Waals surface area (Å²) in [5.41, 5.74) is 6.51. The molecule has 5 rings (SSSR count). The summed E-state index contributed by atoms with van der Waals surface area (Å²) in [6.07, 6.45) is 6.84. The van der Waals surface area contributed by atoms with E-state index in [0.717, 1.165) is 31.6 Å². The molecule has 0 saturated carbocycles. The monoisotopic (exact) mass is 414 g/mol. The largest absolute Gasteiger partial charge is 0.415 e. The van der Waals surface area contributed by atoms with E-state index in [1.807, 2.05) is 12.3 Å². The number of benzene rings is 1. The van der Waals surface area contributed by atoms with Crippen LogP contribution in [0.25, 0.3) is 0 Å². The van der Waals surface area contributed by atoms with Crippen molar-refractivity contribution in [1.29, 1.82) is 0 Å². The van der Waals surface area contributed by atoms with Crippen LogP contribution in [0, 0.1) is 6.92 Å². The van der Waals surface area contributed by atoms with Crippen LogP contribution in [0.15, 0.2) is 61.1 Å². The molecule has 6 heteroatoms. The second-order valence-electron chi connectivity index (χ2n) is 8.23. The maximum Gasteiger partial charge on any atom is 0.415 e. The van der Waals surface area contributed by atoms with Crippen LogP contribution < -0.4 is 4.74 Å². The summed E-state index contributed by atoms with van der Waals surface area (Å²) in [5, 5.41) is 0. The fourth-order valence-corrected chi connectivity index (χ4v) is 4.65. The van der Waals surface area contributed by atoms with E-state index in [4.69, 9.17) is 9.72 Å². The molecule has 1 aliphatic carbocycles. The van der Waals surface area contributed by atoms with E-state index in [9.17, 15) is 4.79 Å². The minimum Gasteiger partial charge on any atom is -0.409 e. The summed E-state index contributed by atoms with van der Waals surface area (Å²) >= 11 is 0. The Labute approximate surface area is 182 Å². The van der Waals surface area contributed by atoms with Gasteiger partial charge >= 0.3 is 6.09 Å². The zero-order valence-electron chi connectivity index (χ0n) is 17.7. The van der Waals surface area contributed by atoms with Crippen molar-refractivity contribution in [2.75, 3.05) is 26.2 Å². The minimum atomic E-state index is -0.317. The average Bonchev–Trinajstić information content (AvgIpc) is 2.96. The van der Waals surface area contributed by atoms with Crippen molar-refractivity contribution < 1.29 is 9.53 Å². The van der Waals surface area contributed by atoms with Gasteiger partial charge in [0.15, 0.2) is 5.75 Å². The summed E-state index contributed by atoms with van der Waals surface area (Å²) in [6, 6.07) is 14.6. The van der Waals surface area contributed by atoms with Crippen LogP contribution in [-0.2, 0) is 12.8 Å². The van der Waals surface area contributed by atoms with Gasteiger partial charge in [-0.3, -0.25) is 14.9 Å². The molecule has 0 N–H and O–H groups in total. The molecule has 6 nitrogen and oxygen atoms in total. The Kier molecular flexibility index (Phi) is 5.38. The molecule has 0 radical (unpaired) electrons. The molecule has 1 unspecified atom stereocenters. The summed E-state index contributed by atoms with van der Waals surface area (Å²) in [4.78, 5) is 25.6. The molecular formula is C25H26N4O2. The quantitative estimate of drug-likeness (QED) is 0.639. The number of amides is 1. The molecule has 158 valence electrons. The Balaban J connectivity index is 1.37. The van der Waals surface area contributed by atoms with Crippen LogP contribution in [0.3, 0.4) is 0 Å². The van der Waals surface area contributed by atoms with Gasteiger partial charge in [-0.2, -0.15) is 0 Å². The second-order valence-corrected chi connectivity index (χ2v) is 8.23. The lowest BCUT2D eigenvalue weighted by atomic mass is 9.94. The summed E-state index contributed by atoms with van der Waals surface area (Å²) in [7, 11) is 0. The highest BCUT2D eigenvalue weighted by atomic mass is 16.6. The number of rotatable bonds is 2. The maximum atomic E-state index is 12.6. The number of nitrogens with zero attached hydrogens (tertiary/aromatic N) is 4. The molecule has 0 spiro atoms. The van der Waals surface area contributed by atoms with Crippen molar-refractivity contribution >= 4 is 6.09 Å². The Morgan fingerprint density at radius 3 is 2.61 bits per heavy atom. The standard InChI is InChI=1S/C25H26N4O2/c1-18-6-9-22-20(16-18)8-7-19-4-2-11-27-23(19)24(22)28-12-14-29(15-13-28)25(30)31-21-5-3-10-26-17-21/h2-6,9-11,16-17,24H,7-8,12-15H2,1H3. The summed E-state index contributed by atoms with van der Waals surface area (Å²) in [6.45, 7) is 4.95. The molecule has 2 aliphatic rings. The number of carbonyl (C=O) groups is 1. The van der Waals surface area contributed by atoms with Gasteiger partial charge in [0.05, 0.1) is 17.9 Å². The van der Waals surface area contributed by atoms with Crippen molar-refractivity contribution in [3.8, 4) is 5.75 Å². The second kappa shape index (κ2) is 8.47. The van der Waals surface area contributed by atoms with Crippen LogP contribution in [0.5, 0.6) is 5.75 Å². The van der Waals surface area contributed by atoms with E-state index in [0.29, 0.717) is 18.8 Å². The van der Waals surface area contributed by atoms with E-state index < -0.39 is 0 Å². The average molecular weight is 415 g/mol. The van der Waals surface area contributed by atoms with Gasteiger partial charge in [0.2, 0.25) is 0 Å². The molecule has 1 atom stereocenters. The number of aryl methyl sites for hydroxylation is 3. The van der Waals surface area contributed by atoms with Crippen LogP contribution >= 0.6 is 0 Å². The van der Waals surface area contributed by atoms with Gasteiger partial charge < -0.3 is 9.64 Å². The Bertz CT molecular complexity index is 1080. The highest BCUT2D eigenvalue weighted by Crippen LogP contribution is 2.36. The highest BCUT2D eigenvalue weighted by Gasteiger charge is 2.33. The van der Waals surface area contributed by atoms with Crippen LogP contribution in [-0.4, -0.2) is 52.0 Å². The lowest BCUT2D eigenvalue weighted by Crippen LogP contribution is -2.50. The molecule has 31 heavy (non-hydrogen) atoms. The van der Waals surface area contributed by atoms with Gasteiger partial charge in [0.1, 0.15) is 0 Å². The van der Waals surface area contributed by atoms with Crippen molar-refractivity contribution in [3.63, 3.8) is 0 Å². The van der Waals surface area contributed by atoms with E-state index in [1.54, 1.807) is 29.4 Å². The lowest BCUT2D eigenvalue weighted by molar-refractivity contribution is 0.0964. The third-order valence-electron chi connectivity index (χ3n) is 6.22. The first-order valence-corrected chi connectivity index (χ1v) is 10.8. The van der Waals surface area contributed by atoms with Crippen LogP contribution in [0.1, 0.15) is 34.0 Å². The molecule has 0 bridgehead atoms. The number of ether oxygens (including phenoxy) is 1. The smallest absolute Gasteiger partial charge is 0.409 e. The molecule has 1 fully saturated rings. The number of aromatic nitrogens is 2. The number of pyridine rings is 2. The van der Waals surface area contributed by atoms with Crippen molar-refractivity contribution in [3.05, 3.63) is 89.0 Å². The normalized spacial score (nSPS) is 18.6. The zero-order chi connectivity index (χ0) is 21.2. The van der Waals surface area contributed by atoms with Gasteiger partial charge in [-0.1, -0.05) is 29.8 Å². The number of hydrogen-bond donors (Lipinski definition) is 0. The minimum absolute atomic E-state index is 0.116. The number of piperazine rings is 1. The Hall–Kier alpha value is -3.25. The van der Waals surface area contributed by atoms with Gasteiger partial charge in [-0.25, -0.2) is 4.79 Å². The molecule has 3 aromatic rings. The fourth-order valence-electron chi connectivity index (χ4n) is 4.65. The summed E-state index contributed by atoms with van der Waals surface area (Å²) in [5.74, 6) is 0.473. The van der Waals surface area contributed by atoms with Gasteiger partial charge in [0.25, 0.3) is 0 Å². The predicted octanol–water partition coefficient (Wildman–Crippen LogP) is 3.79. The molecule has 1 aromatic carbocycles. The van der Waals surface area contributed by atoms with Gasteiger partial charge in [0, 0.05) is 38.6 Å². The first-order chi connectivity index (χ1) is 15.2. The summed E-state index contributed by atoms with van der Waals surface area (Å²) < 4.78 is 5.47. The van der Waals surface area contributed by atoms with E-state index in [2.05, 4.69) is 41.1 Å². The van der Waals surface area contributed by atoms with Gasteiger partial charge in [-0.15, -0.1) is 0 Å². The van der Waals surface area contributed by atoms with Crippen LogP contribution in [0.2, 0.25) is 0 Å². The molecule has 1 aliphatic heterocycles. The third kappa shape index (κ3) is 4.03. The van der Waals surface area contributed by atoms with E-state index in [-0.39, 0.29) is 12.1 Å². The molecular weight excluding hydrogens is 388 g/mol. The predicted molar refractivity (Wildman–Crippen MR) is 118 cm³/mol. The first-order valence-electron chi connectivity index (χ1n) is 10.8. The van der Waals surface area contributed by atoms with Crippen molar-refractivity contribution in [2.45, 2.75) is 25.8 Å². The van der Waals surface area contributed by atoms with E-state index in [1.165, 1.54) is 22.3 Å². The van der Waals surface area contributed by atoms with Crippen molar-refractivity contribution in [2.24, 2.45) is 0 Å². The molecule has 1 saturated heterocycles. The SMILES string of the molecule is Cc1ccc2c(c1)CCc1cccnc1C2N1CCN(C(=O)Oc2cccnc2)CC1. The highest BCUT2D eigenvalue weighted by molar-refractivity contribution is 5.70. The Morgan fingerprint density at radius 1 is 1.00 bits per heavy atom. The number of carbonyl (C=O) groups excluding carboxylic acids is 1. The molecule has 3 heterocycles. The molecule has 2 aromatic heterocycles. The Morgan fingerprint density at radius 2 is 1.81 bits per heavy atom. The zero-order valence-corrected chi connectivity index (χ0v) is 17.7. The van der Waals surface area contributed by atoms with Crippen molar-refractivity contribution in [1.82, 2.24) is 19.8 Å². The third-order valence-corrected chi connectivity index (χ3v) is 6.22. The lowest BCUT2D eigenvalue weighted by Gasteiger charge is -2.39. The maximum absolute atomic E-state index is 12.6.